The van der Waals surface area contributed by atoms with Gasteiger partial charge in [-0.3, -0.25) is 0 Å². The molecule has 8 nitrogen and oxygen atoms in total. The van der Waals surface area contributed by atoms with Gasteiger partial charge in [0, 0.05) is 7.05 Å². The number of carbonyl (C=O) groups is 1. The summed E-state index contributed by atoms with van der Waals surface area (Å²) in [4.78, 5) is 16.1. The maximum atomic E-state index is 12.0. The van der Waals surface area contributed by atoms with Gasteiger partial charge in [0.25, 0.3) is 0 Å². The normalized spacial score (nSPS) is 12.4. The second kappa shape index (κ2) is 6.49. The molecule has 0 aliphatic carbocycles. The van der Waals surface area contributed by atoms with E-state index in [2.05, 4.69) is 15.3 Å². The predicted octanol–water partition coefficient (Wildman–Crippen LogP) is 0.626. The molecule has 0 amide bonds. The molecule has 0 bridgehead atoms. The third-order valence-electron chi connectivity index (χ3n) is 3.12. The lowest BCUT2D eigenvalue weighted by Gasteiger charge is -2.11. The molecule has 2 aromatic rings. The van der Waals surface area contributed by atoms with E-state index in [0.717, 1.165) is 0 Å². The molecule has 0 radical (unpaired) electrons. The van der Waals surface area contributed by atoms with Crippen LogP contribution in [-0.4, -0.2) is 48.3 Å². The molecule has 0 aliphatic rings. The second-order valence-electron chi connectivity index (χ2n) is 4.64. The average Bonchev–Trinajstić information content (AvgIpc) is 3.05. The molecule has 21 heavy (non-hydrogen) atoms. The molecule has 2 heterocycles. The smallest absolute Gasteiger partial charge is 0.361 e. The van der Waals surface area contributed by atoms with Crippen molar-refractivity contribution in [2.75, 3.05) is 6.61 Å². The van der Waals surface area contributed by atoms with Crippen molar-refractivity contribution in [1.29, 1.82) is 0 Å². The zero-order valence-corrected chi connectivity index (χ0v) is 12.4. The van der Waals surface area contributed by atoms with E-state index in [1.165, 1.54) is 4.68 Å². The summed E-state index contributed by atoms with van der Waals surface area (Å²) in [6.45, 7) is 4.11. The fraction of sp³-hybridized carbons (Fsp3) is 0.538. The Labute approximate surface area is 122 Å². The molecule has 0 spiro atoms. The Bertz CT molecular complexity index is 619. The summed E-state index contributed by atoms with van der Waals surface area (Å²) < 4.78 is 8.28. The molecule has 2 rings (SSSR count). The minimum Gasteiger partial charge on any atom is -0.461 e. The minimum absolute atomic E-state index is 0.128. The Kier molecular flexibility index (Phi) is 4.69. The lowest BCUT2D eigenvalue weighted by atomic mass is 10.2. The van der Waals surface area contributed by atoms with E-state index in [1.807, 2.05) is 14.0 Å². The first-order chi connectivity index (χ1) is 10.1. The first-order valence-electron chi connectivity index (χ1n) is 6.83. The average molecular weight is 293 g/mol. The van der Waals surface area contributed by atoms with Crippen molar-refractivity contribution in [3.63, 3.8) is 0 Å². The number of aryl methyl sites for hydroxylation is 1. The fourth-order valence-electron chi connectivity index (χ4n) is 1.95. The van der Waals surface area contributed by atoms with E-state index in [9.17, 15) is 9.90 Å². The van der Waals surface area contributed by atoms with Gasteiger partial charge in [-0.25, -0.2) is 14.5 Å². The van der Waals surface area contributed by atoms with Gasteiger partial charge in [-0.15, -0.1) is 5.10 Å². The van der Waals surface area contributed by atoms with Gasteiger partial charge in [-0.05, 0) is 13.3 Å². The highest BCUT2D eigenvalue weighted by Crippen LogP contribution is 2.22. The van der Waals surface area contributed by atoms with E-state index in [-0.39, 0.29) is 18.8 Å². The quantitative estimate of drug-likeness (QED) is 0.785. The summed E-state index contributed by atoms with van der Waals surface area (Å²) in [5.74, 6) is -0.536. The first-order valence-corrected chi connectivity index (χ1v) is 6.83. The van der Waals surface area contributed by atoms with Gasteiger partial charge in [0.15, 0.2) is 5.69 Å². The second-order valence-corrected chi connectivity index (χ2v) is 4.64. The third kappa shape index (κ3) is 3.10. The number of aromatic nitrogens is 5. The molecule has 1 atom stereocenters. The summed E-state index contributed by atoms with van der Waals surface area (Å²) in [6, 6.07) is 0. The van der Waals surface area contributed by atoms with Crippen molar-refractivity contribution in [3.05, 3.63) is 18.2 Å². The predicted molar refractivity (Wildman–Crippen MR) is 74.5 cm³/mol. The number of rotatable bonds is 6. The third-order valence-corrected chi connectivity index (χ3v) is 3.12. The van der Waals surface area contributed by atoms with Gasteiger partial charge in [-0.1, -0.05) is 12.1 Å². The minimum atomic E-state index is -0.561. The van der Waals surface area contributed by atoms with E-state index >= 15 is 0 Å². The van der Waals surface area contributed by atoms with E-state index in [0.29, 0.717) is 17.8 Å². The molecule has 0 aromatic carbocycles. The largest absolute Gasteiger partial charge is 0.461 e. The summed E-state index contributed by atoms with van der Waals surface area (Å²) in [5.41, 5.74) is 1.32. The molecule has 0 saturated carbocycles. The number of aliphatic hydroxyl groups is 1. The van der Waals surface area contributed by atoms with Gasteiger partial charge in [0.1, 0.15) is 5.69 Å². The Hall–Kier alpha value is -2.22. The highest BCUT2D eigenvalue weighted by Gasteiger charge is 2.24. The van der Waals surface area contributed by atoms with Gasteiger partial charge >= 0.3 is 5.97 Å². The molecule has 0 saturated heterocycles. The van der Waals surface area contributed by atoms with Crippen molar-refractivity contribution in [2.45, 2.75) is 32.9 Å². The molecule has 0 fully saturated rings. The van der Waals surface area contributed by atoms with Crippen LogP contribution < -0.4 is 0 Å². The SMILES string of the molecule is CCOC(=O)c1nnn(CC(O)CC)c1-c1cncn1C. The number of carbonyl (C=O) groups excluding carboxylic acids is 1. The zero-order valence-electron chi connectivity index (χ0n) is 12.4. The molecule has 8 heteroatoms. The summed E-state index contributed by atoms with van der Waals surface area (Å²) in [5, 5.41) is 17.7. The molecule has 1 unspecified atom stereocenters. The van der Waals surface area contributed by atoms with Crippen LogP contribution in [-0.2, 0) is 18.3 Å². The van der Waals surface area contributed by atoms with E-state index in [1.54, 1.807) is 24.0 Å². The summed E-state index contributed by atoms with van der Waals surface area (Å²) >= 11 is 0. The van der Waals surface area contributed by atoms with Crippen molar-refractivity contribution >= 4 is 5.97 Å². The van der Waals surface area contributed by atoms with Crippen LogP contribution in [0, 0.1) is 0 Å². The van der Waals surface area contributed by atoms with Gasteiger partial charge < -0.3 is 14.4 Å². The lowest BCUT2D eigenvalue weighted by molar-refractivity contribution is 0.0520. The molecular weight excluding hydrogens is 274 g/mol. The van der Waals surface area contributed by atoms with Crippen molar-refractivity contribution in [3.8, 4) is 11.4 Å². The van der Waals surface area contributed by atoms with Crippen LogP contribution >= 0.6 is 0 Å². The number of nitrogens with zero attached hydrogens (tertiary/aromatic N) is 5. The number of hydrogen-bond donors (Lipinski definition) is 1. The highest BCUT2D eigenvalue weighted by molar-refractivity contribution is 5.93. The molecule has 2 aromatic heterocycles. The number of hydrogen-bond acceptors (Lipinski definition) is 6. The molecule has 0 aliphatic heterocycles. The number of esters is 1. The topological polar surface area (TPSA) is 95.1 Å². The zero-order chi connectivity index (χ0) is 15.4. The molecule has 114 valence electrons. The Balaban J connectivity index is 2.48. The maximum Gasteiger partial charge on any atom is 0.361 e. The van der Waals surface area contributed by atoms with Crippen LogP contribution in [0.4, 0.5) is 0 Å². The number of aliphatic hydroxyl groups excluding tert-OH is 1. The van der Waals surface area contributed by atoms with E-state index < -0.39 is 12.1 Å². The van der Waals surface area contributed by atoms with Crippen molar-refractivity contribution in [2.24, 2.45) is 7.05 Å². The van der Waals surface area contributed by atoms with Crippen molar-refractivity contribution in [1.82, 2.24) is 24.5 Å². The molecular formula is C13H19N5O3. The highest BCUT2D eigenvalue weighted by atomic mass is 16.5. The maximum absolute atomic E-state index is 12.0. The number of imidazole rings is 1. The summed E-state index contributed by atoms with van der Waals surface area (Å²) in [6.07, 6.45) is 3.27. The molecule has 1 N–H and O–H groups in total. The van der Waals surface area contributed by atoms with E-state index in [4.69, 9.17) is 4.74 Å². The van der Waals surface area contributed by atoms with Gasteiger partial charge in [0.05, 0.1) is 37.5 Å². The Morgan fingerprint density at radius 3 is 2.81 bits per heavy atom. The van der Waals surface area contributed by atoms with Gasteiger partial charge in [-0.2, -0.15) is 0 Å². The Morgan fingerprint density at radius 1 is 1.48 bits per heavy atom. The number of ether oxygens (including phenoxy) is 1. The lowest BCUT2D eigenvalue weighted by Crippen LogP contribution is -2.18. The first kappa shape index (κ1) is 15.2. The van der Waals surface area contributed by atoms with Crippen molar-refractivity contribution < 1.29 is 14.6 Å². The van der Waals surface area contributed by atoms with Crippen LogP contribution in [0.15, 0.2) is 12.5 Å². The van der Waals surface area contributed by atoms with Crippen LogP contribution in [0.5, 0.6) is 0 Å². The fourth-order valence-corrected chi connectivity index (χ4v) is 1.95. The van der Waals surface area contributed by atoms with Crippen LogP contribution in [0.2, 0.25) is 0 Å². The van der Waals surface area contributed by atoms with Crippen LogP contribution in [0.3, 0.4) is 0 Å². The van der Waals surface area contributed by atoms with Gasteiger partial charge in [0.2, 0.25) is 0 Å². The van der Waals surface area contributed by atoms with Crippen LogP contribution in [0.25, 0.3) is 11.4 Å². The standard InChI is InChI=1S/C13H19N5O3/c1-4-9(19)7-18-12(10-6-14-8-17(10)3)11(15-16-18)13(20)21-5-2/h6,8-9,19H,4-5,7H2,1-3H3. The Morgan fingerprint density at radius 2 is 2.24 bits per heavy atom. The van der Waals surface area contributed by atoms with Crippen LogP contribution in [0.1, 0.15) is 30.8 Å². The summed E-state index contributed by atoms with van der Waals surface area (Å²) in [7, 11) is 1.81. The monoisotopic (exact) mass is 293 g/mol.